The van der Waals surface area contributed by atoms with Gasteiger partial charge in [-0.25, -0.2) is 0 Å². The molecule has 0 amide bonds. The van der Waals surface area contributed by atoms with Crippen LogP contribution in [0.3, 0.4) is 0 Å². The van der Waals surface area contributed by atoms with Crippen LogP contribution in [0, 0.1) is 16.7 Å². The van der Waals surface area contributed by atoms with Gasteiger partial charge in [-0.15, -0.1) is 0 Å². The summed E-state index contributed by atoms with van der Waals surface area (Å²) in [7, 11) is 0. The van der Waals surface area contributed by atoms with Crippen LogP contribution in [-0.2, 0) is 4.74 Å². The van der Waals surface area contributed by atoms with E-state index in [9.17, 15) is 0 Å². The van der Waals surface area contributed by atoms with Gasteiger partial charge in [0, 0.05) is 0 Å². The van der Waals surface area contributed by atoms with Gasteiger partial charge in [-0.1, -0.05) is 40.0 Å². The summed E-state index contributed by atoms with van der Waals surface area (Å²) in [6.45, 7) is 7.41. The summed E-state index contributed by atoms with van der Waals surface area (Å²) in [5, 5.41) is 0. The summed E-state index contributed by atoms with van der Waals surface area (Å²) >= 11 is 0. The van der Waals surface area contributed by atoms with Gasteiger partial charge < -0.3 is 4.74 Å². The second kappa shape index (κ2) is 3.98. The lowest BCUT2D eigenvalue weighted by atomic mass is 9.65. The first-order valence-electron chi connectivity index (χ1n) is 7.68. The van der Waals surface area contributed by atoms with Crippen molar-refractivity contribution in [2.75, 3.05) is 0 Å². The van der Waals surface area contributed by atoms with E-state index in [2.05, 4.69) is 20.8 Å². The van der Waals surface area contributed by atoms with Crippen LogP contribution < -0.4 is 0 Å². The Labute approximate surface area is 106 Å². The van der Waals surface area contributed by atoms with Crippen molar-refractivity contribution in [1.82, 2.24) is 0 Å². The van der Waals surface area contributed by atoms with E-state index in [1.165, 1.54) is 51.4 Å². The molecule has 3 aliphatic rings. The number of ether oxygens (including phenoxy) is 1. The third-order valence-corrected chi connectivity index (χ3v) is 6.37. The first kappa shape index (κ1) is 12.0. The first-order valence-corrected chi connectivity index (χ1v) is 7.68. The number of rotatable bonds is 2. The number of hydrogen-bond donors (Lipinski definition) is 0. The van der Waals surface area contributed by atoms with E-state index in [0.29, 0.717) is 23.0 Å². The summed E-state index contributed by atoms with van der Waals surface area (Å²) in [6, 6.07) is 0. The molecule has 3 rings (SSSR count). The van der Waals surface area contributed by atoms with Crippen molar-refractivity contribution in [1.29, 1.82) is 0 Å². The predicted octanol–water partition coefficient (Wildman–Crippen LogP) is 4.55. The fourth-order valence-corrected chi connectivity index (χ4v) is 4.75. The van der Waals surface area contributed by atoms with E-state index in [1.54, 1.807) is 0 Å². The third kappa shape index (κ3) is 1.77. The fraction of sp³-hybridized carbons (Fsp3) is 1.00. The van der Waals surface area contributed by atoms with Crippen LogP contribution in [0.2, 0.25) is 0 Å². The van der Waals surface area contributed by atoms with E-state index in [4.69, 9.17) is 4.74 Å². The van der Waals surface area contributed by atoms with Crippen LogP contribution in [0.5, 0.6) is 0 Å². The van der Waals surface area contributed by atoms with Gasteiger partial charge in [0.25, 0.3) is 0 Å². The lowest BCUT2D eigenvalue weighted by Crippen LogP contribution is -2.44. The van der Waals surface area contributed by atoms with Crippen molar-refractivity contribution in [3.8, 4) is 0 Å². The lowest BCUT2D eigenvalue weighted by Gasteiger charge is -2.45. The Morgan fingerprint density at radius 2 is 1.65 bits per heavy atom. The van der Waals surface area contributed by atoms with Crippen molar-refractivity contribution < 1.29 is 4.74 Å². The van der Waals surface area contributed by atoms with Crippen LogP contribution >= 0.6 is 0 Å². The summed E-state index contributed by atoms with van der Waals surface area (Å²) in [6.07, 6.45) is 12.2. The van der Waals surface area contributed by atoms with Gasteiger partial charge >= 0.3 is 0 Å². The van der Waals surface area contributed by atoms with Crippen LogP contribution in [0.4, 0.5) is 0 Å². The molecule has 3 unspecified atom stereocenters. The Morgan fingerprint density at radius 3 is 2.24 bits per heavy atom. The molecule has 0 radical (unpaired) electrons. The molecule has 3 aliphatic carbocycles. The molecule has 1 nitrogen and oxygen atoms in total. The fourth-order valence-electron chi connectivity index (χ4n) is 4.75. The quantitative estimate of drug-likeness (QED) is 0.683. The maximum absolute atomic E-state index is 6.57. The molecule has 0 aliphatic heterocycles. The van der Waals surface area contributed by atoms with Crippen molar-refractivity contribution in [3.05, 3.63) is 0 Å². The SMILES string of the molecule is CC12CCC(C1)C(OC1CCCCC1)C2(C)C. The normalized spacial score (nSPS) is 45.4. The predicted molar refractivity (Wildman–Crippen MR) is 71.0 cm³/mol. The summed E-state index contributed by atoms with van der Waals surface area (Å²) in [5.41, 5.74) is 0.949. The molecular weight excluding hydrogens is 208 g/mol. The molecule has 98 valence electrons. The second-order valence-corrected chi connectivity index (χ2v) is 7.60. The topological polar surface area (TPSA) is 9.23 Å². The molecular formula is C16H28O. The minimum absolute atomic E-state index is 0.396. The largest absolute Gasteiger partial charge is 0.374 e. The molecule has 3 atom stereocenters. The molecule has 0 spiro atoms. The number of hydrogen-bond acceptors (Lipinski definition) is 1. The van der Waals surface area contributed by atoms with E-state index in [1.807, 2.05) is 0 Å². The van der Waals surface area contributed by atoms with Gasteiger partial charge in [0.05, 0.1) is 12.2 Å². The van der Waals surface area contributed by atoms with Crippen molar-refractivity contribution >= 4 is 0 Å². The van der Waals surface area contributed by atoms with Crippen molar-refractivity contribution in [2.45, 2.75) is 84.3 Å². The van der Waals surface area contributed by atoms with Crippen LogP contribution in [0.1, 0.15) is 72.1 Å². The van der Waals surface area contributed by atoms with Crippen molar-refractivity contribution in [2.24, 2.45) is 16.7 Å². The first-order chi connectivity index (χ1) is 8.03. The molecule has 0 aromatic carbocycles. The van der Waals surface area contributed by atoms with E-state index in [-0.39, 0.29) is 0 Å². The molecule has 2 bridgehead atoms. The Kier molecular flexibility index (Phi) is 2.81. The maximum atomic E-state index is 6.57. The molecule has 17 heavy (non-hydrogen) atoms. The molecule has 0 aromatic heterocycles. The van der Waals surface area contributed by atoms with Gasteiger partial charge in [0.2, 0.25) is 0 Å². The van der Waals surface area contributed by atoms with E-state index in [0.717, 1.165) is 5.92 Å². The Bertz CT molecular complexity index is 290. The zero-order valence-electron chi connectivity index (χ0n) is 11.8. The minimum atomic E-state index is 0.396. The highest BCUT2D eigenvalue weighted by molar-refractivity contribution is 5.10. The van der Waals surface area contributed by atoms with Crippen LogP contribution in [-0.4, -0.2) is 12.2 Å². The maximum Gasteiger partial charge on any atom is 0.0663 e. The van der Waals surface area contributed by atoms with Gasteiger partial charge in [0.1, 0.15) is 0 Å². The molecule has 0 heterocycles. The van der Waals surface area contributed by atoms with Crippen LogP contribution in [0.25, 0.3) is 0 Å². The lowest BCUT2D eigenvalue weighted by molar-refractivity contribution is -0.121. The van der Waals surface area contributed by atoms with Gasteiger partial charge in [0.15, 0.2) is 0 Å². The Balaban J connectivity index is 1.71. The Hall–Kier alpha value is -0.0400. The molecule has 0 saturated heterocycles. The van der Waals surface area contributed by atoms with Crippen molar-refractivity contribution in [3.63, 3.8) is 0 Å². The molecule has 0 aromatic rings. The molecule has 0 N–H and O–H groups in total. The Morgan fingerprint density at radius 1 is 0.941 bits per heavy atom. The molecule has 1 heteroatoms. The standard InChI is InChI=1S/C16H28O/c1-15(2)14(12-9-10-16(15,3)11-12)17-13-7-5-4-6-8-13/h12-14H,4-11H2,1-3H3. The highest BCUT2D eigenvalue weighted by atomic mass is 16.5. The van der Waals surface area contributed by atoms with Gasteiger partial charge in [-0.2, -0.15) is 0 Å². The molecule has 3 fully saturated rings. The average Bonchev–Trinajstić information content (AvgIpc) is 2.77. The summed E-state index contributed by atoms with van der Waals surface area (Å²) in [5.74, 6) is 0.858. The zero-order valence-corrected chi connectivity index (χ0v) is 11.8. The molecule has 3 saturated carbocycles. The van der Waals surface area contributed by atoms with E-state index < -0.39 is 0 Å². The monoisotopic (exact) mass is 236 g/mol. The van der Waals surface area contributed by atoms with Crippen LogP contribution in [0.15, 0.2) is 0 Å². The second-order valence-electron chi connectivity index (χ2n) is 7.60. The minimum Gasteiger partial charge on any atom is -0.374 e. The summed E-state index contributed by atoms with van der Waals surface area (Å²) < 4.78 is 6.57. The van der Waals surface area contributed by atoms with Gasteiger partial charge in [-0.05, 0) is 48.9 Å². The average molecular weight is 236 g/mol. The van der Waals surface area contributed by atoms with E-state index >= 15 is 0 Å². The van der Waals surface area contributed by atoms with Gasteiger partial charge in [-0.3, -0.25) is 0 Å². The summed E-state index contributed by atoms with van der Waals surface area (Å²) in [4.78, 5) is 0. The highest BCUT2D eigenvalue weighted by Crippen LogP contribution is 2.65. The highest BCUT2D eigenvalue weighted by Gasteiger charge is 2.60. The third-order valence-electron chi connectivity index (χ3n) is 6.37. The smallest absolute Gasteiger partial charge is 0.0663 e. The zero-order chi connectivity index (χ0) is 12.1. The number of fused-ring (bicyclic) bond motifs is 2.